The third-order valence-corrected chi connectivity index (χ3v) is 2.60. The molecule has 0 aromatic carbocycles. The minimum absolute atomic E-state index is 0.0732. The van der Waals surface area contributed by atoms with Crippen molar-refractivity contribution in [2.75, 3.05) is 13.2 Å². The van der Waals surface area contributed by atoms with Crippen LogP contribution in [0.1, 0.15) is 26.7 Å². The van der Waals surface area contributed by atoms with Crippen LogP contribution in [0.25, 0.3) is 0 Å². The first kappa shape index (κ1) is 14.7. The van der Waals surface area contributed by atoms with Gasteiger partial charge in [0.25, 0.3) is 0 Å². The second-order valence-corrected chi connectivity index (χ2v) is 9.18. The molecule has 3 heteroatoms. The summed E-state index contributed by atoms with van der Waals surface area (Å²) in [5, 5.41) is 0. The molecule has 0 heterocycles. The van der Waals surface area contributed by atoms with Crippen molar-refractivity contribution in [3.63, 3.8) is 0 Å². The molecule has 0 fully saturated rings. The first-order chi connectivity index (χ1) is 6.99. The zero-order valence-electron chi connectivity index (χ0n) is 10.7. The maximum atomic E-state index is 5.44. The Hall–Kier alpha value is -0.303. The van der Waals surface area contributed by atoms with Crippen molar-refractivity contribution in [3.05, 3.63) is 0 Å². The highest BCUT2D eigenvalue weighted by Gasteiger charge is 2.08. The molecule has 0 aliphatic rings. The molecular weight excluding hydrogens is 204 g/mol. The summed E-state index contributed by atoms with van der Waals surface area (Å²) in [7, 11) is -1.21. The summed E-state index contributed by atoms with van der Waals surface area (Å²) in [4.78, 5) is 0. The monoisotopic (exact) mass is 228 g/mol. The molecule has 0 N–H and O–H groups in total. The first-order valence-electron chi connectivity index (χ1n) is 5.72. The van der Waals surface area contributed by atoms with E-state index in [4.69, 9.17) is 9.47 Å². The largest absolute Gasteiger partial charge is 0.353 e. The van der Waals surface area contributed by atoms with Crippen LogP contribution in [0.2, 0.25) is 19.6 Å². The molecule has 15 heavy (non-hydrogen) atoms. The molecule has 0 unspecified atom stereocenters. The van der Waals surface area contributed by atoms with Crippen LogP contribution in [0.5, 0.6) is 0 Å². The van der Waals surface area contributed by atoms with E-state index in [1.54, 1.807) is 0 Å². The smallest absolute Gasteiger partial charge is 0.158 e. The van der Waals surface area contributed by atoms with E-state index in [1.807, 2.05) is 13.8 Å². The van der Waals surface area contributed by atoms with Gasteiger partial charge in [-0.2, -0.15) is 0 Å². The van der Waals surface area contributed by atoms with Gasteiger partial charge in [0.05, 0.1) is 0 Å². The Morgan fingerprint density at radius 1 is 1.07 bits per heavy atom. The standard InChI is InChI=1S/C12H24O2Si/c1-6-13-12(14-7-2)10-8-9-11-15(3,4)5/h12H,6-8,10H2,1-5H3. The number of rotatable bonds is 6. The van der Waals surface area contributed by atoms with E-state index >= 15 is 0 Å². The fourth-order valence-electron chi connectivity index (χ4n) is 1.10. The molecule has 0 spiro atoms. The summed E-state index contributed by atoms with van der Waals surface area (Å²) in [5.41, 5.74) is 3.34. The lowest BCUT2D eigenvalue weighted by Crippen LogP contribution is -2.18. The van der Waals surface area contributed by atoms with Crippen LogP contribution < -0.4 is 0 Å². The Morgan fingerprint density at radius 2 is 1.60 bits per heavy atom. The molecule has 0 rings (SSSR count). The van der Waals surface area contributed by atoms with Gasteiger partial charge >= 0.3 is 0 Å². The number of hydrogen-bond donors (Lipinski definition) is 0. The van der Waals surface area contributed by atoms with Crippen LogP contribution in [0.4, 0.5) is 0 Å². The minimum Gasteiger partial charge on any atom is -0.353 e. The number of hydrogen-bond acceptors (Lipinski definition) is 2. The van der Waals surface area contributed by atoms with Gasteiger partial charge in [0, 0.05) is 26.1 Å². The van der Waals surface area contributed by atoms with Gasteiger partial charge in [-0.1, -0.05) is 19.6 Å². The van der Waals surface area contributed by atoms with Gasteiger partial charge in [-0.15, -0.1) is 11.5 Å². The lowest BCUT2D eigenvalue weighted by Gasteiger charge is -2.15. The van der Waals surface area contributed by atoms with E-state index in [2.05, 4.69) is 31.1 Å². The van der Waals surface area contributed by atoms with Crippen molar-refractivity contribution >= 4 is 8.07 Å². The van der Waals surface area contributed by atoms with Crippen LogP contribution >= 0.6 is 0 Å². The quantitative estimate of drug-likeness (QED) is 0.395. The molecule has 2 nitrogen and oxygen atoms in total. The molecular formula is C12H24O2Si. The summed E-state index contributed by atoms with van der Waals surface area (Å²) < 4.78 is 10.9. The molecule has 0 saturated heterocycles. The van der Waals surface area contributed by atoms with Crippen LogP contribution in [0.3, 0.4) is 0 Å². The predicted octanol–water partition coefficient (Wildman–Crippen LogP) is 3.05. The van der Waals surface area contributed by atoms with E-state index in [0.29, 0.717) is 13.2 Å². The molecule has 0 atom stereocenters. The first-order valence-corrected chi connectivity index (χ1v) is 9.22. The van der Waals surface area contributed by atoms with Crippen molar-refractivity contribution in [2.24, 2.45) is 0 Å². The van der Waals surface area contributed by atoms with Gasteiger partial charge in [-0.05, 0) is 13.8 Å². The van der Waals surface area contributed by atoms with E-state index in [0.717, 1.165) is 12.8 Å². The Kier molecular flexibility index (Phi) is 7.76. The fourth-order valence-corrected chi connectivity index (χ4v) is 1.76. The van der Waals surface area contributed by atoms with Crippen molar-refractivity contribution in [2.45, 2.75) is 52.6 Å². The highest BCUT2D eigenvalue weighted by Crippen LogP contribution is 2.04. The molecule has 88 valence electrons. The van der Waals surface area contributed by atoms with Crippen LogP contribution in [0.15, 0.2) is 0 Å². The van der Waals surface area contributed by atoms with Gasteiger partial charge in [-0.3, -0.25) is 0 Å². The molecule has 0 aliphatic heterocycles. The van der Waals surface area contributed by atoms with Gasteiger partial charge in [-0.25, -0.2) is 0 Å². The van der Waals surface area contributed by atoms with E-state index in [1.165, 1.54) is 0 Å². The second kappa shape index (κ2) is 7.92. The van der Waals surface area contributed by atoms with Crippen molar-refractivity contribution in [1.29, 1.82) is 0 Å². The second-order valence-electron chi connectivity index (χ2n) is 4.43. The third-order valence-electron chi connectivity index (χ3n) is 1.67. The molecule has 0 amide bonds. The minimum atomic E-state index is -1.21. The lowest BCUT2D eigenvalue weighted by atomic mass is 10.3. The van der Waals surface area contributed by atoms with Crippen molar-refractivity contribution in [1.82, 2.24) is 0 Å². The lowest BCUT2D eigenvalue weighted by molar-refractivity contribution is -0.138. The summed E-state index contributed by atoms with van der Waals surface area (Å²) in [5.74, 6) is 3.22. The zero-order chi connectivity index (χ0) is 11.7. The van der Waals surface area contributed by atoms with Gasteiger partial charge in [0.2, 0.25) is 0 Å². The van der Waals surface area contributed by atoms with Crippen molar-refractivity contribution in [3.8, 4) is 11.5 Å². The average molecular weight is 228 g/mol. The summed E-state index contributed by atoms with van der Waals surface area (Å²) in [6.07, 6.45) is 1.67. The Balaban J connectivity index is 3.82. The van der Waals surface area contributed by atoms with E-state index < -0.39 is 8.07 Å². The molecule has 0 aromatic heterocycles. The Morgan fingerprint density at radius 3 is 2.00 bits per heavy atom. The Bertz CT molecular complexity index is 204. The predicted molar refractivity (Wildman–Crippen MR) is 67.4 cm³/mol. The highest BCUT2D eigenvalue weighted by molar-refractivity contribution is 6.83. The van der Waals surface area contributed by atoms with Crippen LogP contribution in [-0.2, 0) is 9.47 Å². The summed E-state index contributed by atoms with van der Waals surface area (Å²) in [6.45, 7) is 12.1. The van der Waals surface area contributed by atoms with Crippen LogP contribution in [0, 0.1) is 11.5 Å². The van der Waals surface area contributed by atoms with Gasteiger partial charge < -0.3 is 9.47 Å². The van der Waals surface area contributed by atoms with Gasteiger partial charge in [0.15, 0.2) is 6.29 Å². The third kappa shape index (κ3) is 9.99. The zero-order valence-corrected chi connectivity index (χ0v) is 11.7. The molecule has 0 saturated carbocycles. The fraction of sp³-hybridized carbons (Fsp3) is 0.833. The van der Waals surface area contributed by atoms with Crippen molar-refractivity contribution < 1.29 is 9.47 Å². The van der Waals surface area contributed by atoms with Crippen LogP contribution in [-0.4, -0.2) is 27.6 Å². The number of ether oxygens (including phenoxy) is 2. The highest BCUT2D eigenvalue weighted by atomic mass is 28.3. The molecule has 0 bridgehead atoms. The van der Waals surface area contributed by atoms with Gasteiger partial charge in [0.1, 0.15) is 8.07 Å². The molecule has 0 aromatic rings. The maximum Gasteiger partial charge on any atom is 0.158 e. The SMILES string of the molecule is CCOC(CCC#C[Si](C)(C)C)OCC. The Labute approximate surface area is 95.4 Å². The molecule has 0 radical (unpaired) electrons. The normalized spacial score (nSPS) is 11.3. The maximum absolute atomic E-state index is 5.44. The average Bonchev–Trinajstić information content (AvgIpc) is 2.11. The van der Waals surface area contributed by atoms with E-state index in [9.17, 15) is 0 Å². The summed E-state index contributed by atoms with van der Waals surface area (Å²) in [6, 6.07) is 0. The molecule has 0 aliphatic carbocycles. The topological polar surface area (TPSA) is 18.5 Å². The van der Waals surface area contributed by atoms with E-state index in [-0.39, 0.29) is 6.29 Å². The summed E-state index contributed by atoms with van der Waals surface area (Å²) >= 11 is 0.